The van der Waals surface area contributed by atoms with Gasteiger partial charge in [0.1, 0.15) is 0 Å². The van der Waals surface area contributed by atoms with Crippen LogP contribution in [0.25, 0.3) is 0 Å². The van der Waals surface area contributed by atoms with Crippen LogP contribution in [0.5, 0.6) is 0 Å². The first-order chi connectivity index (χ1) is 8.15. The average molecular weight is 256 g/mol. The molecule has 0 aliphatic heterocycles. The molecular formula is C11H13FN2O2S. The highest BCUT2D eigenvalue weighted by molar-refractivity contribution is 7.99. The largest absolute Gasteiger partial charge is 0.382 e. The number of hydrogen-bond donors (Lipinski definition) is 1. The first-order valence-electron chi connectivity index (χ1n) is 5.01. The normalized spacial score (nSPS) is 9.94. The maximum absolute atomic E-state index is 13.4. The van der Waals surface area contributed by atoms with E-state index in [1.165, 1.54) is 12.1 Å². The molecule has 0 saturated carbocycles. The Labute approximate surface area is 103 Å². The summed E-state index contributed by atoms with van der Waals surface area (Å²) < 4.78 is 13.4. The molecule has 0 heterocycles. The maximum Gasteiger partial charge on any atom is 0.272 e. The van der Waals surface area contributed by atoms with Gasteiger partial charge in [0.05, 0.1) is 16.7 Å². The van der Waals surface area contributed by atoms with Crippen molar-refractivity contribution >= 4 is 23.1 Å². The predicted molar refractivity (Wildman–Crippen MR) is 69.1 cm³/mol. The van der Waals surface area contributed by atoms with E-state index in [4.69, 9.17) is 0 Å². The fourth-order valence-corrected chi connectivity index (χ4v) is 1.77. The Bertz CT molecular complexity index is 412. The van der Waals surface area contributed by atoms with Crippen molar-refractivity contribution in [2.75, 3.05) is 23.4 Å². The molecule has 0 fully saturated rings. The van der Waals surface area contributed by atoms with Gasteiger partial charge < -0.3 is 5.32 Å². The molecule has 1 aromatic carbocycles. The van der Waals surface area contributed by atoms with E-state index in [0.29, 0.717) is 6.54 Å². The molecule has 0 radical (unpaired) electrons. The smallest absolute Gasteiger partial charge is 0.272 e. The van der Waals surface area contributed by atoms with Crippen molar-refractivity contribution in [2.45, 2.75) is 0 Å². The second-order valence-corrected chi connectivity index (χ2v) is 4.36. The zero-order valence-electron chi connectivity index (χ0n) is 9.19. The van der Waals surface area contributed by atoms with Crippen LogP contribution in [0.15, 0.2) is 30.9 Å². The lowest BCUT2D eigenvalue weighted by molar-refractivity contribution is -0.385. The second-order valence-electron chi connectivity index (χ2n) is 3.21. The van der Waals surface area contributed by atoms with Crippen LogP contribution in [0.2, 0.25) is 0 Å². The Hall–Kier alpha value is -1.56. The lowest BCUT2D eigenvalue weighted by Crippen LogP contribution is -2.06. The van der Waals surface area contributed by atoms with Crippen molar-refractivity contribution in [1.29, 1.82) is 0 Å². The van der Waals surface area contributed by atoms with Crippen LogP contribution < -0.4 is 5.32 Å². The molecular weight excluding hydrogens is 243 g/mol. The standard InChI is InChI=1S/C11H13FN2O2S/c1-2-6-17-7-5-13-11-4-3-9(14(15)16)8-10(11)12/h2-4,8,13H,1,5-7H2. The van der Waals surface area contributed by atoms with Crippen LogP contribution >= 0.6 is 11.8 Å². The summed E-state index contributed by atoms with van der Waals surface area (Å²) in [5, 5.41) is 13.3. The number of non-ortho nitro benzene ring substituents is 1. The Kier molecular flexibility index (Phi) is 5.48. The highest BCUT2D eigenvalue weighted by Gasteiger charge is 2.09. The maximum atomic E-state index is 13.4. The number of thioether (sulfide) groups is 1. The lowest BCUT2D eigenvalue weighted by atomic mass is 10.2. The number of nitro groups is 1. The Morgan fingerprint density at radius 1 is 1.59 bits per heavy atom. The number of nitrogens with one attached hydrogen (secondary N) is 1. The van der Waals surface area contributed by atoms with E-state index >= 15 is 0 Å². The van der Waals surface area contributed by atoms with Gasteiger partial charge >= 0.3 is 0 Å². The van der Waals surface area contributed by atoms with Crippen molar-refractivity contribution in [3.8, 4) is 0 Å². The third-order valence-corrected chi connectivity index (χ3v) is 2.93. The van der Waals surface area contributed by atoms with E-state index in [1.54, 1.807) is 17.8 Å². The van der Waals surface area contributed by atoms with Gasteiger partial charge in [-0.1, -0.05) is 6.08 Å². The SMILES string of the molecule is C=CCSCCNc1ccc([N+](=O)[O-])cc1F. The van der Waals surface area contributed by atoms with E-state index in [-0.39, 0.29) is 11.4 Å². The lowest BCUT2D eigenvalue weighted by Gasteiger charge is -2.06. The van der Waals surface area contributed by atoms with E-state index in [2.05, 4.69) is 11.9 Å². The molecule has 0 unspecified atom stereocenters. The minimum absolute atomic E-state index is 0.242. The molecule has 1 N–H and O–H groups in total. The number of nitrogens with zero attached hydrogens (tertiary/aromatic N) is 1. The first-order valence-corrected chi connectivity index (χ1v) is 6.17. The number of rotatable bonds is 7. The molecule has 1 rings (SSSR count). The molecule has 0 amide bonds. The molecule has 0 aliphatic carbocycles. The van der Waals surface area contributed by atoms with E-state index in [9.17, 15) is 14.5 Å². The summed E-state index contributed by atoms with van der Waals surface area (Å²) in [6.45, 7) is 4.20. The summed E-state index contributed by atoms with van der Waals surface area (Å²) in [6, 6.07) is 3.58. The number of nitro benzene ring substituents is 1. The van der Waals surface area contributed by atoms with Crippen LogP contribution in [-0.4, -0.2) is 23.0 Å². The number of halogens is 1. The zero-order chi connectivity index (χ0) is 12.7. The van der Waals surface area contributed by atoms with Crippen LogP contribution in [0.3, 0.4) is 0 Å². The molecule has 0 atom stereocenters. The van der Waals surface area contributed by atoms with Gasteiger partial charge in [0.15, 0.2) is 5.82 Å². The van der Waals surface area contributed by atoms with Gasteiger partial charge in [0, 0.05) is 24.1 Å². The van der Waals surface area contributed by atoms with Gasteiger partial charge in [-0.2, -0.15) is 11.8 Å². The van der Waals surface area contributed by atoms with Crippen molar-refractivity contribution in [3.63, 3.8) is 0 Å². The van der Waals surface area contributed by atoms with Crippen molar-refractivity contribution in [1.82, 2.24) is 0 Å². The molecule has 0 saturated heterocycles. The fourth-order valence-electron chi connectivity index (χ4n) is 1.19. The number of benzene rings is 1. The summed E-state index contributed by atoms with van der Waals surface area (Å²) in [5.41, 5.74) is 0.0453. The van der Waals surface area contributed by atoms with E-state index in [1.807, 2.05) is 0 Å². The predicted octanol–water partition coefficient (Wildman–Crippen LogP) is 3.07. The van der Waals surface area contributed by atoms with Gasteiger partial charge in [-0.25, -0.2) is 4.39 Å². The molecule has 4 nitrogen and oxygen atoms in total. The minimum atomic E-state index is -0.618. The third kappa shape index (κ3) is 4.44. The number of hydrogen-bond acceptors (Lipinski definition) is 4. The first kappa shape index (κ1) is 13.5. The van der Waals surface area contributed by atoms with Crippen molar-refractivity contribution in [2.24, 2.45) is 0 Å². The van der Waals surface area contributed by atoms with Crippen LogP contribution in [0.4, 0.5) is 15.8 Å². The molecule has 1 aromatic rings. The van der Waals surface area contributed by atoms with Gasteiger partial charge in [0.2, 0.25) is 0 Å². The van der Waals surface area contributed by atoms with Gasteiger partial charge in [-0.15, -0.1) is 6.58 Å². The quantitative estimate of drug-likeness (QED) is 0.352. The molecule has 0 spiro atoms. The summed E-state index contributed by atoms with van der Waals surface area (Å²) in [4.78, 5) is 9.78. The van der Waals surface area contributed by atoms with Crippen LogP contribution in [0.1, 0.15) is 0 Å². The molecule has 0 aliphatic rings. The summed E-state index contributed by atoms with van der Waals surface area (Å²) in [5.74, 6) is 1.07. The highest BCUT2D eigenvalue weighted by atomic mass is 32.2. The summed E-state index contributed by atoms with van der Waals surface area (Å²) >= 11 is 1.68. The van der Waals surface area contributed by atoms with Crippen molar-refractivity contribution in [3.05, 3.63) is 46.8 Å². The highest BCUT2D eigenvalue weighted by Crippen LogP contribution is 2.20. The number of anilines is 1. The average Bonchev–Trinajstić information content (AvgIpc) is 2.30. The second kappa shape index (κ2) is 6.90. The van der Waals surface area contributed by atoms with Gasteiger partial charge in [-0.05, 0) is 6.07 Å². The monoisotopic (exact) mass is 256 g/mol. The Balaban J connectivity index is 2.49. The molecule has 17 heavy (non-hydrogen) atoms. The minimum Gasteiger partial charge on any atom is -0.382 e. The van der Waals surface area contributed by atoms with Gasteiger partial charge in [0.25, 0.3) is 5.69 Å². The summed E-state index contributed by atoms with van der Waals surface area (Å²) in [7, 11) is 0. The molecule has 0 bridgehead atoms. The zero-order valence-corrected chi connectivity index (χ0v) is 10.0. The fraction of sp³-hybridized carbons (Fsp3) is 0.273. The molecule has 92 valence electrons. The van der Waals surface area contributed by atoms with Crippen LogP contribution in [-0.2, 0) is 0 Å². The van der Waals surface area contributed by atoms with Crippen LogP contribution in [0, 0.1) is 15.9 Å². The van der Waals surface area contributed by atoms with E-state index in [0.717, 1.165) is 17.6 Å². The van der Waals surface area contributed by atoms with E-state index < -0.39 is 10.7 Å². The Morgan fingerprint density at radius 2 is 2.35 bits per heavy atom. The Morgan fingerprint density at radius 3 is 2.94 bits per heavy atom. The van der Waals surface area contributed by atoms with Gasteiger partial charge in [-0.3, -0.25) is 10.1 Å². The molecule has 6 heteroatoms. The summed E-state index contributed by atoms with van der Waals surface area (Å²) in [6.07, 6.45) is 1.80. The van der Waals surface area contributed by atoms with Crippen molar-refractivity contribution < 1.29 is 9.31 Å². The third-order valence-electron chi connectivity index (χ3n) is 1.96. The topological polar surface area (TPSA) is 55.2 Å². The molecule has 0 aromatic heterocycles.